The van der Waals surface area contributed by atoms with Crippen molar-refractivity contribution in [3.05, 3.63) is 69.9 Å². The molecule has 0 bridgehead atoms. The van der Waals surface area contributed by atoms with Gasteiger partial charge in [-0.1, -0.05) is 0 Å². The van der Waals surface area contributed by atoms with Crippen molar-refractivity contribution in [1.29, 1.82) is 0 Å². The fourth-order valence-corrected chi connectivity index (χ4v) is 5.22. The van der Waals surface area contributed by atoms with Crippen molar-refractivity contribution < 1.29 is 22.3 Å². The van der Waals surface area contributed by atoms with E-state index in [1.54, 1.807) is 6.20 Å². The minimum atomic E-state index is -4.69. The van der Waals surface area contributed by atoms with Gasteiger partial charge in [0.15, 0.2) is 0 Å². The predicted molar refractivity (Wildman–Crippen MR) is 131 cm³/mol. The Labute approximate surface area is 219 Å². The molecule has 39 heavy (non-hydrogen) atoms. The van der Waals surface area contributed by atoms with Gasteiger partial charge < -0.3 is 4.74 Å². The van der Waals surface area contributed by atoms with Crippen LogP contribution in [-0.4, -0.2) is 36.1 Å². The van der Waals surface area contributed by atoms with E-state index in [1.807, 2.05) is 10.9 Å². The molecule has 4 aromatic rings. The first-order chi connectivity index (χ1) is 18.8. The predicted octanol–water partition coefficient (Wildman–Crippen LogP) is 5.51. The van der Waals surface area contributed by atoms with Crippen LogP contribution in [0.25, 0.3) is 22.2 Å². The van der Waals surface area contributed by atoms with Crippen molar-refractivity contribution in [2.24, 2.45) is 0 Å². The number of ether oxygens (including phenoxy) is 1. The third-order valence-corrected chi connectivity index (χ3v) is 7.69. The monoisotopic (exact) mass is 540 g/mol. The molecular formula is C27H24F4N6O2. The van der Waals surface area contributed by atoms with Crippen molar-refractivity contribution in [2.75, 3.05) is 6.61 Å². The summed E-state index contributed by atoms with van der Waals surface area (Å²) in [7, 11) is 0. The SMILES string of the molecule is O=c1c2nc([C@H]3CCO[C@H](c4cnn(C5CC5)c4)C3)nc(-c3ccc(C(F)(F)F)cc3F)c2cnn1C1CC1. The number of aromatic nitrogens is 6. The van der Waals surface area contributed by atoms with Gasteiger partial charge in [-0.3, -0.25) is 9.48 Å². The van der Waals surface area contributed by atoms with Crippen LogP contribution >= 0.6 is 0 Å². The van der Waals surface area contributed by atoms with Crippen LogP contribution < -0.4 is 5.56 Å². The molecule has 0 spiro atoms. The van der Waals surface area contributed by atoms with Gasteiger partial charge in [0.1, 0.15) is 17.2 Å². The summed E-state index contributed by atoms with van der Waals surface area (Å²) >= 11 is 0. The molecule has 12 heteroatoms. The molecule has 202 valence electrons. The Morgan fingerprint density at radius 1 is 0.974 bits per heavy atom. The maximum absolute atomic E-state index is 15.1. The van der Waals surface area contributed by atoms with Crippen molar-refractivity contribution in [1.82, 2.24) is 29.5 Å². The number of fused-ring (bicyclic) bond motifs is 1. The Bertz CT molecular complexity index is 1640. The molecule has 3 aromatic heterocycles. The first-order valence-corrected chi connectivity index (χ1v) is 13.1. The fourth-order valence-electron chi connectivity index (χ4n) is 5.22. The lowest BCUT2D eigenvalue weighted by molar-refractivity contribution is -0.137. The third kappa shape index (κ3) is 4.50. The maximum atomic E-state index is 15.1. The van der Waals surface area contributed by atoms with E-state index in [1.165, 1.54) is 10.9 Å². The smallest absolute Gasteiger partial charge is 0.373 e. The van der Waals surface area contributed by atoms with E-state index >= 15 is 4.39 Å². The van der Waals surface area contributed by atoms with Crippen LogP contribution in [0.15, 0.2) is 41.6 Å². The highest BCUT2D eigenvalue weighted by Gasteiger charge is 2.34. The largest absolute Gasteiger partial charge is 0.416 e. The van der Waals surface area contributed by atoms with Crippen molar-refractivity contribution >= 4 is 10.9 Å². The first-order valence-electron chi connectivity index (χ1n) is 13.1. The third-order valence-electron chi connectivity index (χ3n) is 7.69. The number of rotatable bonds is 5. The van der Waals surface area contributed by atoms with Gasteiger partial charge in [-0.15, -0.1) is 0 Å². The quantitative estimate of drug-likeness (QED) is 0.310. The Balaban J connectivity index is 1.32. The molecule has 7 rings (SSSR count). The molecule has 4 heterocycles. The van der Waals surface area contributed by atoms with Gasteiger partial charge in [-0.2, -0.15) is 23.4 Å². The summed E-state index contributed by atoms with van der Waals surface area (Å²) in [5, 5.41) is 8.91. The van der Waals surface area contributed by atoms with Gasteiger partial charge in [0.05, 0.1) is 47.2 Å². The minimum Gasteiger partial charge on any atom is -0.373 e. The normalized spacial score (nSPS) is 21.9. The van der Waals surface area contributed by atoms with Gasteiger partial charge >= 0.3 is 6.18 Å². The summed E-state index contributed by atoms with van der Waals surface area (Å²) in [4.78, 5) is 22.7. The Morgan fingerprint density at radius 2 is 1.77 bits per heavy atom. The Morgan fingerprint density at radius 3 is 2.49 bits per heavy atom. The average molecular weight is 541 g/mol. The maximum Gasteiger partial charge on any atom is 0.416 e. The van der Waals surface area contributed by atoms with Gasteiger partial charge in [-0.05, 0) is 56.7 Å². The van der Waals surface area contributed by atoms with Crippen LogP contribution in [-0.2, 0) is 10.9 Å². The number of benzene rings is 1. The standard InChI is InChI=1S/C27H24F4N6O2/c28-21-10-16(27(29,30)31)1-6-19(21)23-20-12-33-37(18-4-5-18)26(38)24(20)35-25(34-23)14-7-8-39-22(9-14)15-11-32-36(13-15)17-2-3-17/h1,6,10-14,17-18,22H,2-5,7-9H2/t14-,22-/m0/s1. The van der Waals surface area contributed by atoms with E-state index in [-0.39, 0.29) is 40.2 Å². The van der Waals surface area contributed by atoms with E-state index in [4.69, 9.17) is 4.74 Å². The number of hydrogen-bond donors (Lipinski definition) is 0. The molecule has 1 aliphatic heterocycles. The van der Waals surface area contributed by atoms with E-state index in [0.717, 1.165) is 43.4 Å². The molecule has 0 N–H and O–H groups in total. The molecule has 8 nitrogen and oxygen atoms in total. The Kier molecular flexibility index (Phi) is 5.58. The average Bonchev–Trinajstić information content (AvgIpc) is 3.87. The molecular weight excluding hydrogens is 516 g/mol. The van der Waals surface area contributed by atoms with Crippen molar-refractivity contribution in [3.8, 4) is 11.3 Å². The van der Waals surface area contributed by atoms with Crippen LogP contribution in [0.3, 0.4) is 0 Å². The molecule has 1 saturated heterocycles. The van der Waals surface area contributed by atoms with Crippen LogP contribution in [0.5, 0.6) is 0 Å². The van der Waals surface area contributed by atoms with Crippen molar-refractivity contribution in [3.63, 3.8) is 0 Å². The molecule has 3 fully saturated rings. The highest BCUT2D eigenvalue weighted by molar-refractivity contribution is 5.91. The molecule has 0 radical (unpaired) electrons. The summed E-state index contributed by atoms with van der Waals surface area (Å²) in [6, 6.07) is 2.73. The second kappa shape index (κ2) is 8.94. The van der Waals surface area contributed by atoms with Crippen LogP contribution in [0.2, 0.25) is 0 Å². The molecule has 0 amide bonds. The zero-order chi connectivity index (χ0) is 26.9. The molecule has 3 aliphatic rings. The summed E-state index contributed by atoms with van der Waals surface area (Å²) in [6.45, 7) is 0.429. The number of nitrogens with zero attached hydrogens (tertiary/aromatic N) is 6. The summed E-state index contributed by atoms with van der Waals surface area (Å²) in [6.07, 6.45) is 5.24. The number of halogens is 4. The minimum absolute atomic E-state index is 0.0120. The van der Waals surface area contributed by atoms with E-state index in [9.17, 15) is 18.0 Å². The van der Waals surface area contributed by atoms with Crippen LogP contribution in [0.4, 0.5) is 17.6 Å². The molecule has 2 saturated carbocycles. The number of hydrogen-bond acceptors (Lipinski definition) is 6. The van der Waals surface area contributed by atoms with Crippen molar-refractivity contribution in [2.45, 2.75) is 68.8 Å². The van der Waals surface area contributed by atoms with Crippen LogP contribution in [0.1, 0.15) is 79.6 Å². The van der Waals surface area contributed by atoms with Gasteiger partial charge in [0, 0.05) is 29.8 Å². The first kappa shape index (κ1) is 24.4. The molecule has 2 atom stereocenters. The number of alkyl halides is 3. The van der Waals surface area contributed by atoms with Gasteiger partial charge in [0.2, 0.25) is 0 Å². The molecule has 1 aromatic carbocycles. The van der Waals surface area contributed by atoms with E-state index in [0.29, 0.717) is 37.4 Å². The highest BCUT2D eigenvalue weighted by atomic mass is 19.4. The van der Waals surface area contributed by atoms with Gasteiger partial charge in [-0.25, -0.2) is 19.0 Å². The second-order valence-corrected chi connectivity index (χ2v) is 10.6. The molecule has 2 aliphatic carbocycles. The van der Waals surface area contributed by atoms with Gasteiger partial charge in [0.25, 0.3) is 5.56 Å². The summed E-state index contributed by atoms with van der Waals surface area (Å²) < 4.78 is 64.1. The lowest BCUT2D eigenvalue weighted by Crippen LogP contribution is -2.25. The molecule has 0 unspecified atom stereocenters. The van der Waals surface area contributed by atoms with E-state index in [2.05, 4.69) is 20.2 Å². The highest BCUT2D eigenvalue weighted by Crippen LogP contribution is 2.41. The van der Waals surface area contributed by atoms with E-state index < -0.39 is 23.1 Å². The second-order valence-electron chi connectivity index (χ2n) is 10.6. The topological polar surface area (TPSA) is 87.7 Å². The summed E-state index contributed by atoms with van der Waals surface area (Å²) in [5.74, 6) is -0.958. The Hall–Kier alpha value is -3.67. The fraction of sp³-hybridized carbons (Fsp3) is 0.444. The lowest BCUT2D eigenvalue weighted by Gasteiger charge is -2.28. The van der Waals surface area contributed by atoms with Crippen LogP contribution in [0, 0.1) is 5.82 Å². The summed E-state index contributed by atoms with van der Waals surface area (Å²) in [5.41, 5.74) is -0.575. The lowest BCUT2D eigenvalue weighted by atomic mass is 9.92. The zero-order valence-electron chi connectivity index (χ0n) is 20.7. The zero-order valence-corrected chi connectivity index (χ0v) is 20.7.